The Kier molecular flexibility index (Phi) is 4.17. The molecule has 0 N–H and O–H groups in total. The van der Waals surface area contributed by atoms with Crippen molar-refractivity contribution in [1.82, 2.24) is 24.5 Å². The third-order valence-corrected chi connectivity index (χ3v) is 4.71. The second-order valence-electron chi connectivity index (χ2n) is 6.36. The van der Waals surface area contributed by atoms with Crippen molar-refractivity contribution >= 4 is 5.82 Å². The third kappa shape index (κ3) is 2.99. The molecule has 1 unspecified atom stereocenters. The van der Waals surface area contributed by atoms with E-state index in [0.29, 0.717) is 0 Å². The van der Waals surface area contributed by atoms with E-state index in [2.05, 4.69) is 43.5 Å². The van der Waals surface area contributed by atoms with Crippen LogP contribution in [0.15, 0.2) is 43.0 Å². The highest BCUT2D eigenvalue weighted by Crippen LogP contribution is 2.34. The molecule has 6 heteroatoms. The Bertz CT molecular complexity index is 872. The lowest BCUT2D eigenvalue weighted by Crippen LogP contribution is -2.24. The van der Waals surface area contributed by atoms with Crippen molar-refractivity contribution in [3.63, 3.8) is 0 Å². The first-order valence-corrected chi connectivity index (χ1v) is 8.81. The van der Waals surface area contributed by atoms with Gasteiger partial charge < -0.3 is 4.90 Å². The Morgan fingerprint density at radius 2 is 2.08 bits per heavy atom. The van der Waals surface area contributed by atoms with E-state index in [9.17, 15) is 0 Å². The van der Waals surface area contributed by atoms with Crippen molar-refractivity contribution in [3.05, 3.63) is 60.2 Å². The lowest BCUT2D eigenvalue weighted by molar-refractivity contribution is 0.681. The standard InChI is InChI=1S/C19H22N6/c1-3-17-20-9-11-25(17)18-8-4-6-15(23-18)16-7-5-10-24(16)19-12-14(2)21-13-22-19/h4,6,8-9,11-13,16H,3,5,7,10H2,1-2H3. The van der Waals surface area contributed by atoms with Crippen LogP contribution in [-0.4, -0.2) is 31.0 Å². The summed E-state index contributed by atoms with van der Waals surface area (Å²) in [4.78, 5) is 20.4. The summed E-state index contributed by atoms with van der Waals surface area (Å²) in [6, 6.07) is 8.54. The minimum atomic E-state index is 0.253. The maximum Gasteiger partial charge on any atom is 0.138 e. The molecule has 6 nitrogen and oxygen atoms in total. The molecule has 0 spiro atoms. The van der Waals surface area contributed by atoms with Crippen molar-refractivity contribution in [2.45, 2.75) is 39.2 Å². The molecular weight excluding hydrogens is 312 g/mol. The molecule has 1 saturated heterocycles. The molecule has 0 saturated carbocycles. The SMILES string of the molecule is CCc1nccn1-c1cccc(C2CCCN2c2cc(C)ncn2)n1. The topological polar surface area (TPSA) is 59.7 Å². The molecule has 4 rings (SSSR count). The third-order valence-electron chi connectivity index (χ3n) is 4.71. The summed E-state index contributed by atoms with van der Waals surface area (Å²) in [5.41, 5.74) is 2.07. The van der Waals surface area contributed by atoms with Gasteiger partial charge in [-0.2, -0.15) is 0 Å². The monoisotopic (exact) mass is 334 g/mol. The van der Waals surface area contributed by atoms with Crippen molar-refractivity contribution in [1.29, 1.82) is 0 Å². The molecule has 0 bridgehead atoms. The molecule has 0 aromatic carbocycles. The average molecular weight is 334 g/mol. The number of pyridine rings is 1. The highest BCUT2D eigenvalue weighted by atomic mass is 15.2. The summed E-state index contributed by atoms with van der Waals surface area (Å²) in [5, 5.41) is 0. The van der Waals surface area contributed by atoms with Gasteiger partial charge in [0, 0.05) is 37.1 Å². The molecule has 3 aromatic heterocycles. The van der Waals surface area contributed by atoms with E-state index in [1.165, 1.54) is 0 Å². The van der Waals surface area contributed by atoms with E-state index < -0.39 is 0 Å². The zero-order valence-electron chi connectivity index (χ0n) is 14.6. The number of aromatic nitrogens is 5. The van der Waals surface area contributed by atoms with Crippen molar-refractivity contribution in [2.75, 3.05) is 11.4 Å². The largest absolute Gasteiger partial charge is 0.348 e. The fourth-order valence-electron chi connectivity index (χ4n) is 3.51. The van der Waals surface area contributed by atoms with Crippen molar-refractivity contribution in [3.8, 4) is 5.82 Å². The van der Waals surface area contributed by atoms with Crippen LogP contribution in [0.5, 0.6) is 0 Å². The van der Waals surface area contributed by atoms with Crippen LogP contribution in [0.2, 0.25) is 0 Å². The van der Waals surface area contributed by atoms with Gasteiger partial charge in [-0.05, 0) is 31.9 Å². The van der Waals surface area contributed by atoms with Gasteiger partial charge in [0.05, 0.1) is 11.7 Å². The Labute approximate surface area is 147 Å². The minimum Gasteiger partial charge on any atom is -0.348 e. The molecule has 0 radical (unpaired) electrons. The van der Waals surface area contributed by atoms with E-state index in [1.807, 2.05) is 31.5 Å². The van der Waals surface area contributed by atoms with Gasteiger partial charge in [0.2, 0.25) is 0 Å². The Morgan fingerprint density at radius 3 is 2.92 bits per heavy atom. The van der Waals surface area contributed by atoms with Crippen LogP contribution in [0.1, 0.15) is 43.0 Å². The zero-order valence-corrected chi connectivity index (χ0v) is 14.6. The van der Waals surface area contributed by atoms with Crippen LogP contribution < -0.4 is 4.90 Å². The smallest absolute Gasteiger partial charge is 0.138 e. The highest BCUT2D eigenvalue weighted by Gasteiger charge is 2.28. The van der Waals surface area contributed by atoms with Crippen LogP contribution in [0.4, 0.5) is 5.82 Å². The van der Waals surface area contributed by atoms with Gasteiger partial charge in [-0.15, -0.1) is 0 Å². The van der Waals surface area contributed by atoms with Crippen LogP contribution in [0, 0.1) is 6.92 Å². The number of anilines is 1. The fraction of sp³-hybridized carbons (Fsp3) is 0.368. The molecule has 1 atom stereocenters. The molecule has 4 heterocycles. The number of nitrogens with zero attached hydrogens (tertiary/aromatic N) is 6. The van der Waals surface area contributed by atoms with Crippen LogP contribution in [0.3, 0.4) is 0 Å². The minimum absolute atomic E-state index is 0.253. The molecule has 0 amide bonds. The summed E-state index contributed by atoms with van der Waals surface area (Å²) in [5.74, 6) is 2.94. The Hall–Kier alpha value is -2.76. The van der Waals surface area contributed by atoms with Crippen molar-refractivity contribution in [2.24, 2.45) is 0 Å². The van der Waals surface area contributed by atoms with E-state index in [-0.39, 0.29) is 6.04 Å². The van der Waals surface area contributed by atoms with Gasteiger partial charge in [-0.3, -0.25) is 4.57 Å². The summed E-state index contributed by atoms with van der Waals surface area (Å²) < 4.78 is 2.07. The Balaban J connectivity index is 1.68. The molecular formula is C19H22N6. The first kappa shape index (κ1) is 15.7. The lowest BCUT2D eigenvalue weighted by atomic mass is 10.1. The number of hydrogen-bond donors (Lipinski definition) is 0. The number of rotatable bonds is 4. The van der Waals surface area contributed by atoms with Crippen LogP contribution in [0.25, 0.3) is 5.82 Å². The van der Waals surface area contributed by atoms with Gasteiger partial charge in [-0.25, -0.2) is 19.9 Å². The molecule has 128 valence electrons. The first-order chi connectivity index (χ1) is 12.3. The van der Waals surface area contributed by atoms with Crippen LogP contribution in [-0.2, 0) is 6.42 Å². The highest BCUT2D eigenvalue weighted by molar-refractivity contribution is 5.43. The molecule has 25 heavy (non-hydrogen) atoms. The molecule has 1 aliphatic heterocycles. The number of imidazole rings is 1. The summed E-state index contributed by atoms with van der Waals surface area (Å²) >= 11 is 0. The van der Waals surface area contributed by atoms with Gasteiger partial charge in [-0.1, -0.05) is 13.0 Å². The lowest BCUT2D eigenvalue weighted by Gasteiger charge is -2.25. The maximum absolute atomic E-state index is 4.94. The Morgan fingerprint density at radius 1 is 1.16 bits per heavy atom. The molecule has 1 aliphatic rings. The van der Waals surface area contributed by atoms with E-state index in [0.717, 1.165) is 54.7 Å². The quantitative estimate of drug-likeness (QED) is 0.733. The van der Waals surface area contributed by atoms with E-state index in [1.54, 1.807) is 6.33 Å². The van der Waals surface area contributed by atoms with Gasteiger partial charge in [0.15, 0.2) is 0 Å². The van der Waals surface area contributed by atoms with Gasteiger partial charge >= 0.3 is 0 Å². The van der Waals surface area contributed by atoms with Gasteiger partial charge in [0.1, 0.15) is 23.8 Å². The normalized spacial score (nSPS) is 17.2. The predicted octanol–water partition coefficient (Wildman–Crippen LogP) is 3.27. The number of hydrogen-bond acceptors (Lipinski definition) is 5. The van der Waals surface area contributed by atoms with E-state index >= 15 is 0 Å². The summed E-state index contributed by atoms with van der Waals surface area (Å²) in [7, 11) is 0. The average Bonchev–Trinajstić information content (AvgIpc) is 3.31. The molecule has 0 aliphatic carbocycles. The van der Waals surface area contributed by atoms with E-state index in [4.69, 9.17) is 4.98 Å². The molecule has 3 aromatic rings. The van der Waals surface area contributed by atoms with Crippen molar-refractivity contribution < 1.29 is 0 Å². The number of aryl methyl sites for hydroxylation is 2. The van der Waals surface area contributed by atoms with Gasteiger partial charge in [0.25, 0.3) is 0 Å². The molecule has 1 fully saturated rings. The maximum atomic E-state index is 4.94. The second-order valence-corrected chi connectivity index (χ2v) is 6.36. The predicted molar refractivity (Wildman–Crippen MR) is 96.8 cm³/mol. The summed E-state index contributed by atoms with van der Waals surface area (Å²) in [6.45, 7) is 5.11. The second kappa shape index (κ2) is 6.63. The zero-order chi connectivity index (χ0) is 17.2. The summed E-state index contributed by atoms with van der Waals surface area (Å²) in [6.07, 6.45) is 8.57. The first-order valence-electron chi connectivity index (χ1n) is 8.81. The van der Waals surface area contributed by atoms with Crippen LogP contribution >= 0.6 is 0 Å². The fourth-order valence-corrected chi connectivity index (χ4v) is 3.51.